The fraction of sp³-hybridized carbons (Fsp3) is 0.462. The molecule has 0 aliphatic carbocycles. The van der Waals surface area contributed by atoms with Crippen molar-refractivity contribution in [1.82, 2.24) is 10.2 Å². The maximum atomic E-state index is 12.5. The van der Waals surface area contributed by atoms with E-state index in [1.54, 1.807) is 0 Å². The number of rotatable bonds is 1. The van der Waals surface area contributed by atoms with Gasteiger partial charge in [-0.05, 0) is 54.6 Å². The summed E-state index contributed by atoms with van der Waals surface area (Å²) in [5.41, 5.74) is 0.772. The molecule has 1 heterocycles. The summed E-state index contributed by atoms with van der Waals surface area (Å²) in [7, 11) is 0. The van der Waals surface area contributed by atoms with E-state index < -0.39 is 0 Å². The van der Waals surface area contributed by atoms with Crippen molar-refractivity contribution >= 4 is 44.4 Å². The van der Waals surface area contributed by atoms with Crippen molar-refractivity contribution in [3.63, 3.8) is 0 Å². The van der Waals surface area contributed by atoms with Crippen molar-refractivity contribution in [3.8, 4) is 0 Å². The van der Waals surface area contributed by atoms with Crippen LogP contribution in [-0.4, -0.2) is 36.0 Å². The lowest BCUT2D eigenvalue weighted by molar-refractivity contribution is 0.0651. The molecular weight excluding hydrogens is 407 g/mol. The Balaban J connectivity index is 2.23. The van der Waals surface area contributed by atoms with Crippen LogP contribution in [0.5, 0.6) is 0 Å². The Morgan fingerprint density at radius 1 is 1.50 bits per heavy atom. The molecule has 3 nitrogen and oxygen atoms in total. The van der Waals surface area contributed by atoms with E-state index in [2.05, 4.69) is 57.7 Å². The standard InChI is InChI=1S/C13H16BrIN2O/c1-13(2)8-17(6-5-16-13)12(18)10-7-9(14)3-4-11(10)15/h3-4,7,16H,5-6,8H2,1-2H3. The number of hydrogen-bond donors (Lipinski definition) is 1. The van der Waals surface area contributed by atoms with Crippen LogP contribution < -0.4 is 5.32 Å². The van der Waals surface area contributed by atoms with Crippen LogP contribution in [0.3, 0.4) is 0 Å². The van der Waals surface area contributed by atoms with Gasteiger partial charge in [-0.15, -0.1) is 0 Å². The van der Waals surface area contributed by atoms with E-state index in [0.29, 0.717) is 0 Å². The third kappa shape index (κ3) is 3.24. The first-order valence-electron chi connectivity index (χ1n) is 5.88. The Hall–Kier alpha value is -0.140. The summed E-state index contributed by atoms with van der Waals surface area (Å²) >= 11 is 5.64. The summed E-state index contributed by atoms with van der Waals surface area (Å²) in [6.45, 7) is 6.61. The SMILES string of the molecule is CC1(C)CN(C(=O)c2cc(Br)ccc2I)CCN1. The number of nitrogens with one attached hydrogen (secondary N) is 1. The van der Waals surface area contributed by atoms with Gasteiger partial charge in [-0.2, -0.15) is 0 Å². The van der Waals surface area contributed by atoms with E-state index in [0.717, 1.165) is 33.2 Å². The highest BCUT2D eigenvalue weighted by Crippen LogP contribution is 2.21. The van der Waals surface area contributed by atoms with Gasteiger partial charge in [0, 0.05) is 33.2 Å². The van der Waals surface area contributed by atoms with Crippen molar-refractivity contribution in [2.24, 2.45) is 0 Å². The zero-order valence-electron chi connectivity index (χ0n) is 10.5. The van der Waals surface area contributed by atoms with Gasteiger partial charge < -0.3 is 10.2 Å². The minimum absolute atomic E-state index is 0.00857. The first-order chi connectivity index (χ1) is 8.39. The average Bonchev–Trinajstić information content (AvgIpc) is 2.30. The first-order valence-corrected chi connectivity index (χ1v) is 7.76. The molecule has 1 fully saturated rings. The van der Waals surface area contributed by atoms with Crippen LogP contribution in [0.4, 0.5) is 0 Å². The molecule has 1 aliphatic heterocycles. The van der Waals surface area contributed by atoms with E-state index in [1.807, 2.05) is 23.1 Å². The molecule has 2 rings (SSSR count). The van der Waals surface area contributed by atoms with Gasteiger partial charge in [0.15, 0.2) is 0 Å². The van der Waals surface area contributed by atoms with Crippen molar-refractivity contribution in [2.75, 3.05) is 19.6 Å². The van der Waals surface area contributed by atoms with Crippen LogP contribution in [0.2, 0.25) is 0 Å². The van der Waals surface area contributed by atoms with E-state index in [-0.39, 0.29) is 11.4 Å². The second kappa shape index (κ2) is 5.46. The largest absolute Gasteiger partial charge is 0.336 e. The molecule has 0 spiro atoms. The minimum atomic E-state index is -0.00857. The molecule has 1 saturated heterocycles. The van der Waals surface area contributed by atoms with Crippen LogP contribution in [0.15, 0.2) is 22.7 Å². The quantitative estimate of drug-likeness (QED) is 0.706. The lowest BCUT2D eigenvalue weighted by Crippen LogP contribution is -2.58. The second-order valence-electron chi connectivity index (χ2n) is 5.16. The van der Waals surface area contributed by atoms with Gasteiger partial charge in [-0.1, -0.05) is 15.9 Å². The number of nitrogens with zero attached hydrogens (tertiary/aromatic N) is 1. The highest BCUT2D eigenvalue weighted by molar-refractivity contribution is 14.1. The fourth-order valence-corrected chi connectivity index (χ4v) is 3.07. The summed E-state index contributed by atoms with van der Waals surface area (Å²) in [4.78, 5) is 14.5. The third-order valence-electron chi connectivity index (χ3n) is 3.02. The topological polar surface area (TPSA) is 32.3 Å². The molecule has 18 heavy (non-hydrogen) atoms. The van der Waals surface area contributed by atoms with Crippen molar-refractivity contribution in [3.05, 3.63) is 31.8 Å². The maximum Gasteiger partial charge on any atom is 0.255 e. The molecule has 0 aromatic heterocycles. The molecule has 0 atom stereocenters. The predicted molar refractivity (Wildman–Crippen MR) is 84.8 cm³/mol. The van der Waals surface area contributed by atoms with Gasteiger partial charge in [0.2, 0.25) is 0 Å². The number of amides is 1. The van der Waals surface area contributed by atoms with Crippen LogP contribution in [-0.2, 0) is 0 Å². The molecule has 0 unspecified atom stereocenters. The molecule has 1 aromatic carbocycles. The lowest BCUT2D eigenvalue weighted by Gasteiger charge is -2.39. The zero-order chi connectivity index (χ0) is 13.3. The molecule has 5 heteroatoms. The van der Waals surface area contributed by atoms with E-state index in [9.17, 15) is 4.79 Å². The summed E-state index contributed by atoms with van der Waals surface area (Å²) in [6.07, 6.45) is 0. The van der Waals surface area contributed by atoms with Crippen LogP contribution in [0.1, 0.15) is 24.2 Å². The maximum absolute atomic E-state index is 12.5. The van der Waals surface area contributed by atoms with Gasteiger partial charge in [-0.3, -0.25) is 4.79 Å². The van der Waals surface area contributed by atoms with Crippen LogP contribution >= 0.6 is 38.5 Å². The highest BCUT2D eigenvalue weighted by atomic mass is 127. The zero-order valence-corrected chi connectivity index (χ0v) is 14.2. The number of hydrogen-bond acceptors (Lipinski definition) is 2. The summed E-state index contributed by atoms with van der Waals surface area (Å²) in [5, 5.41) is 3.42. The molecule has 1 amide bonds. The lowest BCUT2D eigenvalue weighted by atomic mass is 10.0. The normalized spacial score (nSPS) is 18.8. The number of benzene rings is 1. The van der Waals surface area contributed by atoms with Gasteiger partial charge >= 0.3 is 0 Å². The Morgan fingerprint density at radius 3 is 2.89 bits per heavy atom. The molecule has 1 N–H and O–H groups in total. The van der Waals surface area contributed by atoms with Gasteiger partial charge in [0.25, 0.3) is 5.91 Å². The van der Waals surface area contributed by atoms with E-state index >= 15 is 0 Å². The number of halogens is 2. The molecule has 1 aromatic rings. The Bertz CT molecular complexity index is 476. The minimum Gasteiger partial charge on any atom is -0.336 e. The second-order valence-corrected chi connectivity index (χ2v) is 7.24. The van der Waals surface area contributed by atoms with Gasteiger partial charge in [0.05, 0.1) is 5.56 Å². The van der Waals surface area contributed by atoms with Gasteiger partial charge in [0.1, 0.15) is 0 Å². The van der Waals surface area contributed by atoms with E-state index in [1.165, 1.54) is 0 Å². The number of piperazine rings is 1. The first kappa shape index (κ1) is 14.3. The van der Waals surface area contributed by atoms with E-state index in [4.69, 9.17) is 0 Å². The van der Waals surface area contributed by atoms with Gasteiger partial charge in [-0.25, -0.2) is 0 Å². The van der Waals surface area contributed by atoms with Crippen molar-refractivity contribution in [1.29, 1.82) is 0 Å². The molecule has 98 valence electrons. The Labute approximate surface area is 130 Å². The monoisotopic (exact) mass is 422 g/mol. The summed E-state index contributed by atoms with van der Waals surface area (Å²) in [6, 6.07) is 5.82. The fourth-order valence-electron chi connectivity index (χ4n) is 2.15. The number of carbonyl (C=O) groups is 1. The molecule has 1 aliphatic rings. The number of carbonyl (C=O) groups excluding carboxylic acids is 1. The van der Waals surface area contributed by atoms with Crippen LogP contribution in [0, 0.1) is 3.57 Å². The van der Waals surface area contributed by atoms with Crippen molar-refractivity contribution < 1.29 is 4.79 Å². The summed E-state index contributed by atoms with van der Waals surface area (Å²) in [5.74, 6) is 0.121. The third-order valence-corrected chi connectivity index (χ3v) is 4.45. The molecule has 0 bridgehead atoms. The summed E-state index contributed by atoms with van der Waals surface area (Å²) < 4.78 is 1.94. The van der Waals surface area contributed by atoms with Crippen molar-refractivity contribution in [2.45, 2.75) is 19.4 Å². The predicted octanol–water partition coefficient (Wildman–Crippen LogP) is 2.88. The Morgan fingerprint density at radius 2 is 2.22 bits per heavy atom. The molecule has 0 saturated carbocycles. The Kier molecular flexibility index (Phi) is 4.33. The highest BCUT2D eigenvalue weighted by Gasteiger charge is 2.29. The smallest absolute Gasteiger partial charge is 0.255 e. The molecule has 0 radical (unpaired) electrons. The molecular formula is C13H16BrIN2O. The van der Waals surface area contributed by atoms with Crippen LogP contribution in [0.25, 0.3) is 0 Å². The average molecular weight is 423 g/mol.